The van der Waals surface area contributed by atoms with Crippen molar-refractivity contribution < 1.29 is 4.79 Å². The van der Waals surface area contributed by atoms with Crippen LogP contribution in [0.5, 0.6) is 0 Å². The lowest BCUT2D eigenvalue weighted by Gasteiger charge is -2.20. The molecule has 1 aliphatic rings. The zero-order chi connectivity index (χ0) is 12.6. The van der Waals surface area contributed by atoms with Gasteiger partial charge in [0, 0.05) is 13.0 Å². The van der Waals surface area contributed by atoms with E-state index in [1.165, 1.54) is 0 Å². The quantitative estimate of drug-likeness (QED) is 0.825. The second kappa shape index (κ2) is 5.09. The molecule has 0 N–H and O–H groups in total. The van der Waals surface area contributed by atoms with Gasteiger partial charge < -0.3 is 4.90 Å². The average Bonchev–Trinajstić information content (AvgIpc) is 2.66. The van der Waals surface area contributed by atoms with Crippen LogP contribution in [-0.2, 0) is 4.79 Å². The highest BCUT2D eigenvalue weighted by Gasteiger charge is 2.32. The summed E-state index contributed by atoms with van der Waals surface area (Å²) in [7, 11) is 0. The van der Waals surface area contributed by atoms with Gasteiger partial charge in [-0.25, -0.2) is 0 Å². The van der Waals surface area contributed by atoms with E-state index in [2.05, 4.69) is 12.6 Å². The molecule has 92 valence electrons. The monoisotopic (exact) mass is 289 g/mol. The Bertz CT molecular complexity index is 464. The van der Waals surface area contributed by atoms with Crippen LogP contribution in [0.25, 0.3) is 0 Å². The summed E-state index contributed by atoms with van der Waals surface area (Å²) in [5, 5.41) is 1.08. The number of rotatable bonds is 2. The van der Waals surface area contributed by atoms with E-state index in [1.54, 1.807) is 11.0 Å². The van der Waals surface area contributed by atoms with Crippen LogP contribution in [0.15, 0.2) is 12.1 Å². The van der Waals surface area contributed by atoms with Crippen LogP contribution in [0, 0.1) is 12.8 Å². The van der Waals surface area contributed by atoms with Gasteiger partial charge in [-0.05, 0) is 30.2 Å². The molecule has 1 saturated heterocycles. The van der Waals surface area contributed by atoms with E-state index in [-0.39, 0.29) is 11.8 Å². The van der Waals surface area contributed by atoms with Gasteiger partial charge in [0.25, 0.3) is 0 Å². The molecular formula is C12H13Cl2NOS. The fourth-order valence-electron chi connectivity index (χ4n) is 2.01. The van der Waals surface area contributed by atoms with Gasteiger partial charge in [-0.15, -0.1) is 0 Å². The van der Waals surface area contributed by atoms with Gasteiger partial charge in [0.05, 0.1) is 15.7 Å². The number of amides is 1. The molecule has 1 atom stereocenters. The summed E-state index contributed by atoms with van der Waals surface area (Å²) in [5.41, 5.74) is 1.57. The van der Waals surface area contributed by atoms with Crippen molar-refractivity contribution >= 4 is 47.4 Å². The van der Waals surface area contributed by atoms with Crippen molar-refractivity contribution in [1.82, 2.24) is 0 Å². The summed E-state index contributed by atoms with van der Waals surface area (Å²) >= 11 is 16.6. The molecule has 2 rings (SSSR count). The van der Waals surface area contributed by atoms with Crippen LogP contribution in [0.2, 0.25) is 10.0 Å². The Morgan fingerprint density at radius 1 is 1.47 bits per heavy atom. The molecule has 1 unspecified atom stereocenters. The molecule has 0 aromatic heterocycles. The maximum Gasteiger partial charge on any atom is 0.227 e. The zero-order valence-electron chi connectivity index (χ0n) is 9.41. The number of hydrogen-bond acceptors (Lipinski definition) is 2. The van der Waals surface area contributed by atoms with Crippen LogP contribution in [-0.4, -0.2) is 18.2 Å². The van der Waals surface area contributed by atoms with Gasteiger partial charge in [0.2, 0.25) is 5.91 Å². The predicted molar refractivity (Wildman–Crippen MR) is 75.5 cm³/mol. The Hall–Kier alpha value is -0.380. The highest BCUT2D eigenvalue weighted by Crippen LogP contribution is 2.39. The van der Waals surface area contributed by atoms with E-state index >= 15 is 0 Å². The molecular weight excluding hydrogens is 277 g/mol. The first kappa shape index (κ1) is 13.1. The van der Waals surface area contributed by atoms with Crippen molar-refractivity contribution in [2.75, 3.05) is 17.2 Å². The van der Waals surface area contributed by atoms with E-state index in [0.29, 0.717) is 34.5 Å². The Morgan fingerprint density at radius 3 is 2.76 bits per heavy atom. The first-order valence-electron chi connectivity index (χ1n) is 5.40. The molecule has 1 heterocycles. The Kier molecular flexibility index (Phi) is 3.91. The number of anilines is 1. The molecule has 1 aromatic carbocycles. The summed E-state index contributed by atoms with van der Waals surface area (Å²) in [5.74, 6) is 1.04. The van der Waals surface area contributed by atoms with Crippen molar-refractivity contribution in [2.45, 2.75) is 13.3 Å². The van der Waals surface area contributed by atoms with Gasteiger partial charge in [-0.2, -0.15) is 12.6 Å². The van der Waals surface area contributed by atoms with E-state index in [0.717, 1.165) is 5.56 Å². The third-order valence-corrected chi connectivity index (χ3v) is 4.29. The number of hydrogen-bond donors (Lipinski definition) is 1. The van der Waals surface area contributed by atoms with E-state index in [4.69, 9.17) is 23.2 Å². The van der Waals surface area contributed by atoms with Crippen LogP contribution in [0.4, 0.5) is 5.69 Å². The minimum absolute atomic E-state index is 0.0680. The maximum absolute atomic E-state index is 11.9. The van der Waals surface area contributed by atoms with Crippen LogP contribution < -0.4 is 4.90 Å². The molecule has 1 fully saturated rings. The maximum atomic E-state index is 11.9. The number of halogens is 2. The van der Waals surface area contributed by atoms with Gasteiger partial charge >= 0.3 is 0 Å². The molecule has 0 saturated carbocycles. The smallest absolute Gasteiger partial charge is 0.227 e. The lowest BCUT2D eigenvalue weighted by molar-refractivity contribution is -0.117. The standard InChI is InChI=1S/C12H13Cl2NOS/c1-7-2-3-9(13)12(11(7)14)15-5-8(6-17)4-10(15)16/h2-3,8,17H,4-6H2,1H3. The van der Waals surface area contributed by atoms with Gasteiger partial charge in [0.15, 0.2) is 0 Å². The van der Waals surface area contributed by atoms with Crippen molar-refractivity contribution in [3.05, 3.63) is 27.7 Å². The third-order valence-electron chi connectivity index (χ3n) is 2.99. The second-order valence-corrected chi connectivity index (χ2v) is 5.43. The molecule has 2 nitrogen and oxygen atoms in total. The van der Waals surface area contributed by atoms with E-state index < -0.39 is 0 Å². The predicted octanol–water partition coefficient (Wildman–Crippen LogP) is 3.58. The fourth-order valence-corrected chi connectivity index (χ4v) is 2.83. The first-order chi connectivity index (χ1) is 8.04. The summed E-state index contributed by atoms with van der Waals surface area (Å²) in [6.07, 6.45) is 0.518. The molecule has 1 aromatic rings. The highest BCUT2D eigenvalue weighted by atomic mass is 35.5. The summed E-state index contributed by atoms with van der Waals surface area (Å²) in [4.78, 5) is 13.6. The minimum atomic E-state index is 0.0680. The molecule has 0 spiro atoms. The lowest BCUT2D eigenvalue weighted by Crippen LogP contribution is -2.25. The van der Waals surface area contributed by atoms with Crippen LogP contribution in [0.1, 0.15) is 12.0 Å². The fraction of sp³-hybridized carbons (Fsp3) is 0.417. The number of nitrogens with zero attached hydrogens (tertiary/aromatic N) is 1. The molecule has 1 amide bonds. The minimum Gasteiger partial charge on any atom is -0.309 e. The number of aryl methyl sites for hydroxylation is 1. The lowest BCUT2D eigenvalue weighted by atomic mass is 10.1. The summed E-state index contributed by atoms with van der Waals surface area (Å²) in [6, 6.07) is 3.63. The van der Waals surface area contributed by atoms with Crippen LogP contribution >= 0.6 is 35.8 Å². The molecule has 17 heavy (non-hydrogen) atoms. The topological polar surface area (TPSA) is 20.3 Å². The second-order valence-electron chi connectivity index (χ2n) is 4.28. The summed E-state index contributed by atoms with van der Waals surface area (Å²) < 4.78 is 0. The van der Waals surface area contributed by atoms with Gasteiger partial charge in [0.1, 0.15) is 0 Å². The molecule has 0 radical (unpaired) electrons. The zero-order valence-corrected chi connectivity index (χ0v) is 11.8. The SMILES string of the molecule is Cc1ccc(Cl)c(N2CC(CS)CC2=O)c1Cl. The van der Waals surface area contributed by atoms with Gasteiger partial charge in [-0.1, -0.05) is 29.3 Å². The van der Waals surface area contributed by atoms with E-state index in [9.17, 15) is 4.79 Å². The summed E-state index contributed by atoms with van der Waals surface area (Å²) in [6.45, 7) is 2.55. The van der Waals surface area contributed by atoms with Crippen molar-refractivity contribution in [3.63, 3.8) is 0 Å². The molecule has 1 aliphatic heterocycles. The first-order valence-corrected chi connectivity index (χ1v) is 6.79. The Labute approximate surface area is 116 Å². The van der Waals surface area contributed by atoms with Crippen LogP contribution in [0.3, 0.4) is 0 Å². The van der Waals surface area contributed by atoms with Crippen molar-refractivity contribution in [1.29, 1.82) is 0 Å². The van der Waals surface area contributed by atoms with Crippen molar-refractivity contribution in [3.8, 4) is 0 Å². The van der Waals surface area contributed by atoms with Gasteiger partial charge in [-0.3, -0.25) is 4.79 Å². The highest BCUT2D eigenvalue weighted by molar-refractivity contribution is 7.80. The average molecular weight is 290 g/mol. The number of carbonyl (C=O) groups is 1. The number of benzene rings is 1. The molecule has 5 heteroatoms. The Morgan fingerprint density at radius 2 is 2.18 bits per heavy atom. The normalized spacial score (nSPS) is 20.1. The number of carbonyl (C=O) groups excluding carboxylic acids is 1. The third kappa shape index (κ3) is 2.42. The van der Waals surface area contributed by atoms with Crippen molar-refractivity contribution in [2.24, 2.45) is 5.92 Å². The number of thiol groups is 1. The van der Waals surface area contributed by atoms with E-state index in [1.807, 2.05) is 13.0 Å². The Balaban J connectivity index is 2.41. The largest absolute Gasteiger partial charge is 0.309 e. The molecule has 0 aliphatic carbocycles. The molecule has 0 bridgehead atoms.